The predicted octanol–water partition coefficient (Wildman–Crippen LogP) is 2.07. The monoisotopic (exact) mass is 289 g/mol. The van der Waals surface area contributed by atoms with Crippen LogP contribution in [0, 0.1) is 0 Å². The normalized spacial score (nSPS) is 18.1. The van der Waals surface area contributed by atoms with Gasteiger partial charge in [0.1, 0.15) is 18.3 Å². The van der Waals surface area contributed by atoms with Gasteiger partial charge >= 0.3 is 0 Å². The molecule has 0 bridgehead atoms. The van der Waals surface area contributed by atoms with Crippen LogP contribution < -0.4 is 10.1 Å². The van der Waals surface area contributed by atoms with Crippen molar-refractivity contribution in [2.75, 3.05) is 13.2 Å². The lowest BCUT2D eigenvalue weighted by Gasteiger charge is -2.13. The number of hydrogen-bond acceptors (Lipinski definition) is 4. The summed E-state index contributed by atoms with van der Waals surface area (Å²) in [6, 6.07) is 9.41. The molecule has 1 aliphatic heterocycles. The molecule has 0 fully saturated rings. The number of fused-ring (bicyclic) bond motifs is 1. The summed E-state index contributed by atoms with van der Waals surface area (Å²) in [5.74, 6) is 0.371. The van der Waals surface area contributed by atoms with Gasteiger partial charge in [0.25, 0.3) is 0 Å². The third kappa shape index (κ3) is 2.55. The molecule has 0 radical (unpaired) electrons. The quantitative estimate of drug-likeness (QED) is 0.906. The average molecular weight is 289 g/mol. The number of carbonyl (C=O) groups excluding carboxylic acids is 1. The van der Waals surface area contributed by atoms with Gasteiger partial charge in [-0.25, -0.2) is 0 Å². The summed E-state index contributed by atoms with van der Waals surface area (Å²) in [7, 11) is 0. The second kappa shape index (κ2) is 5.64. The standard InChI is InChI=1S/C15H15NO3S/c17-13(10-5-6-20-9-10)7-16-15(18)12-8-19-14-4-2-1-3-11(12)14/h1-6,9,12-13,17H,7-8H2,(H,16,18). The van der Waals surface area contributed by atoms with E-state index in [9.17, 15) is 9.90 Å². The van der Waals surface area contributed by atoms with Gasteiger partial charge in [-0.15, -0.1) is 0 Å². The molecule has 1 amide bonds. The number of amides is 1. The van der Waals surface area contributed by atoms with Crippen LogP contribution in [0.3, 0.4) is 0 Å². The molecule has 0 spiro atoms. The Balaban J connectivity index is 1.61. The second-order valence-corrected chi connectivity index (χ2v) is 5.50. The zero-order valence-electron chi connectivity index (χ0n) is 10.8. The molecule has 1 aromatic carbocycles. The number of ether oxygens (including phenoxy) is 1. The number of carbonyl (C=O) groups is 1. The molecule has 1 aromatic heterocycles. The van der Waals surface area contributed by atoms with E-state index in [0.29, 0.717) is 6.61 Å². The molecule has 104 valence electrons. The lowest BCUT2D eigenvalue weighted by atomic mass is 10.0. The molecule has 20 heavy (non-hydrogen) atoms. The van der Waals surface area contributed by atoms with Crippen molar-refractivity contribution in [2.45, 2.75) is 12.0 Å². The first kappa shape index (κ1) is 13.1. The molecule has 4 nitrogen and oxygen atoms in total. The first-order valence-electron chi connectivity index (χ1n) is 6.45. The van der Waals surface area contributed by atoms with Crippen molar-refractivity contribution in [3.8, 4) is 5.75 Å². The molecule has 2 atom stereocenters. The summed E-state index contributed by atoms with van der Waals surface area (Å²) in [5, 5.41) is 16.5. The highest BCUT2D eigenvalue weighted by Gasteiger charge is 2.30. The van der Waals surface area contributed by atoms with E-state index in [1.165, 1.54) is 11.3 Å². The van der Waals surface area contributed by atoms with Crippen LogP contribution in [-0.2, 0) is 4.79 Å². The highest BCUT2D eigenvalue weighted by atomic mass is 32.1. The first-order valence-corrected chi connectivity index (χ1v) is 7.39. The number of benzene rings is 1. The summed E-state index contributed by atoms with van der Waals surface area (Å²) in [5.41, 5.74) is 1.74. The fraction of sp³-hybridized carbons (Fsp3) is 0.267. The Morgan fingerprint density at radius 3 is 3.10 bits per heavy atom. The Kier molecular flexibility index (Phi) is 3.71. The van der Waals surface area contributed by atoms with E-state index >= 15 is 0 Å². The Bertz CT molecular complexity index is 597. The Morgan fingerprint density at radius 2 is 2.30 bits per heavy atom. The fourth-order valence-corrected chi connectivity index (χ4v) is 2.99. The lowest BCUT2D eigenvalue weighted by molar-refractivity contribution is -0.123. The number of thiophene rings is 1. The lowest BCUT2D eigenvalue weighted by Crippen LogP contribution is -2.33. The van der Waals surface area contributed by atoms with Crippen molar-refractivity contribution in [1.29, 1.82) is 0 Å². The van der Waals surface area contributed by atoms with Crippen LogP contribution in [0.1, 0.15) is 23.1 Å². The van der Waals surface area contributed by atoms with Crippen LogP contribution in [0.2, 0.25) is 0 Å². The third-order valence-electron chi connectivity index (χ3n) is 3.41. The summed E-state index contributed by atoms with van der Waals surface area (Å²) in [4.78, 5) is 12.2. The van der Waals surface area contributed by atoms with Gasteiger partial charge in [-0.1, -0.05) is 18.2 Å². The van der Waals surface area contributed by atoms with Crippen molar-refractivity contribution in [3.05, 3.63) is 52.2 Å². The van der Waals surface area contributed by atoms with Crippen LogP contribution in [0.4, 0.5) is 0 Å². The van der Waals surface area contributed by atoms with E-state index < -0.39 is 6.10 Å². The number of aliphatic hydroxyl groups is 1. The van der Waals surface area contributed by atoms with Crippen molar-refractivity contribution in [2.24, 2.45) is 0 Å². The van der Waals surface area contributed by atoms with Crippen molar-refractivity contribution >= 4 is 17.2 Å². The van der Waals surface area contributed by atoms with Gasteiger partial charge in [0.15, 0.2) is 0 Å². The van der Waals surface area contributed by atoms with Crippen LogP contribution >= 0.6 is 11.3 Å². The molecule has 5 heteroatoms. The zero-order valence-corrected chi connectivity index (χ0v) is 11.6. The van der Waals surface area contributed by atoms with E-state index in [4.69, 9.17) is 4.74 Å². The number of aliphatic hydroxyl groups excluding tert-OH is 1. The van der Waals surface area contributed by atoms with E-state index in [0.717, 1.165) is 16.9 Å². The topological polar surface area (TPSA) is 58.6 Å². The molecule has 1 aliphatic rings. The Hall–Kier alpha value is -1.85. The average Bonchev–Trinajstić information content (AvgIpc) is 3.13. The Labute approximate surface area is 121 Å². The summed E-state index contributed by atoms with van der Waals surface area (Å²) in [6.07, 6.45) is -0.664. The van der Waals surface area contributed by atoms with E-state index in [-0.39, 0.29) is 18.4 Å². The van der Waals surface area contributed by atoms with Gasteiger partial charge in [0.2, 0.25) is 5.91 Å². The van der Waals surface area contributed by atoms with Gasteiger partial charge in [0.05, 0.1) is 6.10 Å². The highest BCUT2D eigenvalue weighted by molar-refractivity contribution is 7.07. The van der Waals surface area contributed by atoms with Gasteiger partial charge in [-0.2, -0.15) is 11.3 Å². The molecular weight excluding hydrogens is 274 g/mol. The first-order chi connectivity index (χ1) is 9.75. The van der Waals surface area contributed by atoms with Crippen LogP contribution in [0.25, 0.3) is 0 Å². The van der Waals surface area contributed by atoms with E-state index in [1.54, 1.807) is 0 Å². The van der Waals surface area contributed by atoms with Crippen molar-refractivity contribution in [1.82, 2.24) is 5.32 Å². The number of para-hydroxylation sites is 1. The summed E-state index contributed by atoms with van der Waals surface area (Å²) < 4.78 is 5.49. The van der Waals surface area contributed by atoms with E-state index in [1.807, 2.05) is 41.1 Å². The van der Waals surface area contributed by atoms with Gasteiger partial charge in [0, 0.05) is 12.1 Å². The van der Waals surface area contributed by atoms with Gasteiger partial charge in [-0.3, -0.25) is 4.79 Å². The fourth-order valence-electron chi connectivity index (χ4n) is 2.28. The van der Waals surface area contributed by atoms with Crippen LogP contribution in [0.15, 0.2) is 41.1 Å². The minimum Gasteiger partial charge on any atom is -0.492 e. The molecular formula is C15H15NO3S. The molecule has 0 saturated carbocycles. The molecule has 2 heterocycles. The molecule has 0 aliphatic carbocycles. The van der Waals surface area contributed by atoms with Crippen LogP contribution in [-0.4, -0.2) is 24.2 Å². The second-order valence-electron chi connectivity index (χ2n) is 4.72. The van der Waals surface area contributed by atoms with Gasteiger partial charge < -0.3 is 15.2 Å². The number of hydrogen-bond donors (Lipinski definition) is 2. The maximum absolute atomic E-state index is 12.2. The largest absolute Gasteiger partial charge is 0.492 e. The molecule has 2 unspecified atom stereocenters. The summed E-state index contributed by atoms with van der Waals surface area (Å²) in [6.45, 7) is 0.577. The van der Waals surface area contributed by atoms with E-state index in [2.05, 4.69) is 5.32 Å². The molecule has 2 N–H and O–H groups in total. The maximum Gasteiger partial charge on any atom is 0.231 e. The summed E-state index contributed by atoms with van der Waals surface area (Å²) >= 11 is 1.53. The van der Waals surface area contributed by atoms with Crippen molar-refractivity contribution < 1.29 is 14.6 Å². The smallest absolute Gasteiger partial charge is 0.231 e. The minimum atomic E-state index is -0.664. The maximum atomic E-state index is 12.2. The number of nitrogens with one attached hydrogen (secondary N) is 1. The zero-order chi connectivity index (χ0) is 13.9. The van der Waals surface area contributed by atoms with Crippen LogP contribution in [0.5, 0.6) is 5.75 Å². The number of rotatable bonds is 4. The van der Waals surface area contributed by atoms with Crippen molar-refractivity contribution in [3.63, 3.8) is 0 Å². The SMILES string of the molecule is O=C(NCC(O)c1ccsc1)C1COc2ccccc21. The Morgan fingerprint density at radius 1 is 1.45 bits per heavy atom. The minimum absolute atomic E-state index is 0.107. The molecule has 0 saturated heterocycles. The van der Waals surface area contributed by atoms with Gasteiger partial charge in [-0.05, 0) is 28.5 Å². The highest BCUT2D eigenvalue weighted by Crippen LogP contribution is 2.33. The predicted molar refractivity (Wildman–Crippen MR) is 77.0 cm³/mol. The molecule has 3 rings (SSSR count). The molecule has 2 aromatic rings. The third-order valence-corrected chi connectivity index (χ3v) is 4.12.